The summed E-state index contributed by atoms with van der Waals surface area (Å²) in [6, 6.07) is 56.9. The standard InChI is InChI=1S/C42H28N2/c1-2-10-27(11-3-1)38-26-30(33-15-9-17-37-35-13-5-7-19-40(35)44-42(33)37)24-25-31(38)28-20-22-29(23-21-28)32-14-8-16-36-34-12-4-6-18-39(34)43-41(32)36/h1-26,43-44H. The molecule has 206 valence electrons. The minimum absolute atomic E-state index is 1.16. The second-order valence-electron chi connectivity index (χ2n) is 11.5. The Bertz CT molecular complexity index is 2480. The summed E-state index contributed by atoms with van der Waals surface area (Å²) in [6.45, 7) is 0. The van der Waals surface area contributed by atoms with Crippen molar-refractivity contribution < 1.29 is 0 Å². The van der Waals surface area contributed by atoms with Crippen LogP contribution in [0.5, 0.6) is 0 Å². The van der Waals surface area contributed by atoms with Crippen molar-refractivity contribution in [3.05, 3.63) is 158 Å². The smallest absolute Gasteiger partial charge is 0.0544 e. The zero-order valence-corrected chi connectivity index (χ0v) is 24.0. The van der Waals surface area contributed by atoms with Crippen molar-refractivity contribution in [2.75, 3.05) is 0 Å². The van der Waals surface area contributed by atoms with Gasteiger partial charge in [0.15, 0.2) is 0 Å². The van der Waals surface area contributed by atoms with Gasteiger partial charge in [0.1, 0.15) is 0 Å². The maximum Gasteiger partial charge on any atom is 0.0544 e. The van der Waals surface area contributed by atoms with Crippen LogP contribution in [0.3, 0.4) is 0 Å². The Hall–Kier alpha value is -5.86. The first-order chi connectivity index (χ1) is 21.8. The number of H-pyrrole nitrogens is 2. The van der Waals surface area contributed by atoms with Crippen molar-refractivity contribution in [3.8, 4) is 44.5 Å². The van der Waals surface area contributed by atoms with Gasteiger partial charge in [0.2, 0.25) is 0 Å². The highest BCUT2D eigenvalue weighted by Gasteiger charge is 2.15. The largest absolute Gasteiger partial charge is 0.354 e. The average molecular weight is 561 g/mol. The van der Waals surface area contributed by atoms with E-state index < -0.39 is 0 Å². The number of benzene rings is 7. The van der Waals surface area contributed by atoms with Crippen LogP contribution < -0.4 is 0 Å². The Morgan fingerprint density at radius 3 is 1.34 bits per heavy atom. The van der Waals surface area contributed by atoms with E-state index in [-0.39, 0.29) is 0 Å². The summed E-state index contributed by atoms with van der Waals surface area (Å²) >= 11 is 0. The topological polar surface area (TPSA) is 31.6 Å². The Morgan fingerprint density at radius 2 is 0.727 bits per heavy atom. The molecule has 0 aliphatic rings. The SMILES string of the molecule is c1ccc(-c2cc(-c3cccc4c3[nH]c3ccccc34)ccc2-c2ccc(-c3cccc4c3[nH]c3ccccc34)cc2)cc1. The van der Waals surface area contributed by atoms with Crippen LogP contribution in [-0.4, -0.2) is 9.97 Å². The molecule has 2 heterocycles. The van der Waals surface area contributed by atoms with E-state index in [1.807, 2.05) is 0 Å². The first-order valence-corrected chi connectivity index (χ1v) is 15.1. The quantitative estimate of drug-likeness (QED) is 0.215. The summed E-state index contributed by atoms with van der Waals surface area (Å²) < 4.78 is 0. The number of nitrogens with one attached hydrogen (secondary N) is 2. The summed E-state index contributed by atoms with van der Waals surface area (Å²) in [5.41, 5.74) is 14.4. The molecule has 9 rings (SSSR count). The molecule has 44 heavy (non-hydrogen) atoms. The summed E-state index contributed by atoms with van der Waals surface area (Å²) in [4.78, 5) is 7.35. The molecule has 7 aromatic carbocycles. The van der Waals surface area contributed by atoms with Crippen LogP contribution in [0.4, 0.5) is 0 Å². The Morgan fingerprint density at radius 1 is 0.273 bits per heavy atom. The Kier molecular flexibility index (Phi) is 5.54. The number of aromatic amines is 2. The first kappa shape index (κ1) is 24.7. The van der Waals surface area contributed by atoms with Crippen molar-refractivity contribution >= 4 is 43.6 Å². The van der Waals surface area contributed by atoms with Gasteiger partial charge in [-0.3, -0.25) is 0 Å². The van der Waals surface area contributed by atoms with Gasteiger partial charge in [-0.1, -0.05) is 140 Å². The fraction of sp³-hybridized carbons (Fsp3) is 0. The minimum Gasteiger partial charge on any atom is -0.354 e. The molecule has 0 aliphatic carbocycles. The third-order valence-electron chi connectivity index (χ3n) is 9.01. The first-order valence-electron chi connectivity index (χ1n) is 15.1. The number of fused-ring (bicyclic) bond motifs is 6. The van der Waals surface area contributed by atoms with Gasteiger partial charge in [0.05, 0.1) is 11.0 Å². The van der Waals surface area contributed by atoms with E-state index in [1.165, 1.54) is 82.6 Å². The highest BCUT2D eigenvalue weighted by molar-refractivity contribution is 6.13. The second kappa shape index (κ2) is 9.86. The monoisotopic (exact) mass is 560 g/mol. The van der Waals surface area contributed by atoms with Gasteiger partial charge in [-0.05, 0) is 51.6 Å². The average Bonchev–Trinajstić information content (AvgIpc) is 3.67. The molecule has 2 nitrogen and oxygen atoms in total. The van der Waals surface area contributed by atoms with Crippen LogP contribution in [0.1, 0.15) is 0 Å². The number of hydrogen-bond acceptors (Lipinski definition) is 0. The third kappa shape index (κ3) is 3.89. The van der Waals surface area contributed by atoms with E-state index in [0.717, 1.165) is 5.52 Å². The molecule has 0 aliphatic heterocycles. The van der Waals surface area contributed by atoms with Crippen molar-refractivity contribution in [2.45, 2.75) is 0 Å². The zero-order chi connectivity index (χ0) is 29.0. The van der Waals surface area contributed by atoms with E-state index in [9.17, 15) is 0 Å². The molecule has 2 aromatic heterocycles. The maximum absolute atomic E-state index is 3.69. The van der Waals surface area contributed by atoms with E-state index >= 15 is 0 Å². The lowest BCUT2D eigenvalue weighted by atomic mass is 9.90. The molecule has 2 heteroatoms. The molecule has 0 unspecified atom stereocenters. The maximum atomic E-state index is 3.69. The highest BCUT2D eigenvalue weighted by atomic mass is 14.7. The predicted molar refractivity (Wildman–Crippen MR) is 187 cm³/mol. The summed E-state index contributed by atoms with van der Waals surface area (Å²) in [5, 5.41) is 5.03. The molecule has 0 saturated heterocycles. The fourth-order valence-electron chi connectivity index (χ4n) is 6.88. The van der Waals surface area contributed by atoms with Crippen LogP contribution in [0, 0.1) is 0 Å². The molecule has 0 fully saturated rings. The van der Waals surface area contributed by atoms with E-state index in [2.05, 4.69) is 168 Å². The molecule has 0 spiro atoms. The van der Waals surface area contributed by atoms with Crippen LogP contribution in [0.2, 0.25) is 0 Å². The molecule has 0 atom stereocenters. The van der Waals surface area contributed by atoms with Gasteiger partial charge < -0.3 is 9.97 Å². The third-order valence-corrected chi connectivity index (χ3v) is 9.01. The summed E-state index contributed by atoms with van der Waals surface area (Å²) in [6.07, 6.45) is 0. The van der Waals surface area contributed by atoms with Crippen molar-refractivity contribution in [3.63, 3.8) is 0 Å². The van der Waals surface area contributed by atoms with Crippen molar-refractivity contribution in [1.29, 1.82) is 0 Å². The number of rotatable bonds is 4. The van der Waals surface area contributed by atoms with Gasteiger partial charge in [-0.25, -0.2) is 0 Å². The van der Waals surface area contributed by atoms with Crippen LogP contribution in [0.15, 0.2) is 158 Å². The number of aromatic nitrogens is 2. The van der Waals surface area contributed by atoms with Gasteiger partial charge in [0, 0.05) is 43.7 Å². The van der Waals surface area contributed by atoms with Crippen molar-refractivity contribution in [1.82, 2.24) is 9.97 Å². The van der Waals surface area contributed by atoms with Crippen LogP contribution in [0.25, 0.3) is 88.1 Å². The molecule has 0 bridgehead atoms. The van der Waals surface area contributed by atoms with Gasteiger partial charge in [-0.2, -0.15) is 0 Å². The molecule has 0 amide bonds. The van der Waals surface area contributed by atoms with E-state index in [0.29, 0.717) is 0 Å². The molecule has 9 aromatic rings. The summed E-state index contributed by atoms with van der Waals surface area (Å²) in [5.74, 6) is 0. The molecule has 2 N–H and O–H groups in total. The summed E-state index contributed by atoms with van der Waals surface area (Å²) in [7, 11) is 0. The second-order valence-corrected chi connectivity index (χ2v) is 11.5. The fourth-order valence-corrected chi connectivity index (χ4v) is 6.88. The van der Waals surface area contributed by atoms with E-state index in [4.69, 9.17) is 0 Å². The van der Waals surface area contributed by atoms with Crippen LogP contribution in [-0.2, 0) is 0 Å². The normalized spacial score (nSPS) is 11.6. The minimum atomic E-state index is 1.16. The highest BCUT2D eigenvalue weighted by Crippen LogP contribution is 2.40. The van der Waals surface area contributed by atoms with E-state index in [1.54, 1.807) is 0 Å². The molecule has 0 radical (unpaired) electrons. The van der Waals surface area contributed by atoms with Gasteiger partial charge in [-0.15, -0.1) is 0 Å². The number of hydrogen-bond donors (Lipinski definition) is 2. The lowest BCUT2D eigenvalue weighted by molar-refractivity contribution is 1.52. The predicted octanol–water partition coefficient (Wildman–Crippen LogP) is 11.6. The molecular formula is C42H28N2. The van der Waals surface area contributed by atoms with Gasteiger partial charge in [0.25, 0.3) is 0 Å². The Labute approximate surface area is 255 Å². The molecular weight excluding hydrogens is 532 g/mol. The van der Waals surface area contributed by atoms with Crippen LogP contribution >= 0.6 is 0 Å². The Balaban J connectivity index is 1.17. The lowest BCUT2D eigenvalue weighted by Crippen LogP contribution is -1.89. The molecule has 0 saturated carbocycles. The van der Waals surface area contributed by atoms with Gasteiger partial charge >= 0.3 is 0 Å². The number of para-hydroxylation sites is 4. The lowest BCUT2D eigenvalue weighted by Gasteiger charge is -2.14. The van der Waals surface area contributed by atoms with Crippen molar-refractivity contribution in [2.24, 2.45) is 0 Å². The zero-order valence-electron chi connectivity index (χ0n) is 24.0.